The van der Waals surface area contributed by atoms with Crippen LogP contribution in [0, 0.1) is 6.92 Å². The highest BCUT2D eigenvalue weighted by Crippen LogP contribution is 2.29. The van der Waals surface area contributed by atoms with Crippen molar-refractivity contribution in [3.8, 4) is 16.9 Å². The topological polar surface area (TPSA) is 76.0 Å². The summed E-state index contributed by atoms with van der Waals surface area (Å²) in [6.45, 7) is 2.04. The second kappa shape index (κ2) is 8.55. The van der Waals surface area contributed by atoms with Crippen molar-refractivity contribution >= 4 is 23.7 Å². The maximum absolute atomic E-state index is 11.9. The number of carbonyl (C=O) groups is 2. The summed E-state index contributed by atoms with van der Waals surface area (Å²) in [5.74, 6) is -0.288. The molecule has 3 aromatic rings. The van der Waals surface area contributed by atoms with E-state index in [1.54, 1.807) is 6.20 Å². The number of aryl methyl sites for hydroxylation is 1. The van der Waals surface area contributed by atoms with Gasteiger partial charge in [-0.2, -0.15) is 0 Å². The van der Waals surface area contributed by atoms with Gasteiger partial charge in [-0.1, -0.05) is 59.8 Å². The fourth-order valence-electron chi connectivity index (χ4n) is 2.55. The Bertz CT molecular complexity index is 936. The SMILES string of the molecule is CNC(=O)NC(=O)CSc1ncc(-c2ccccc2)n1-c1ccc(C)cc1. The lowest BCUT2D eigenvalue weighted by atomic mass is 10.1. The van der Waals surface area contributed by atoms with Crippen LogP contribution in [0.5, 0.6) is 0 Å². The molecule has 6 nitrogen and oxygen atoms in total. The second-order valence-corrected chi connectivity index (χ2v) is 6.82. The molecule has 0 fully saturated rings. The van der Waals surface area contributed by atoms with E-state index < -0.39 is 6.03 Å². The largest absolute Gasteiger partial charge is 0.341 e. The first kappa shape index (κ1) is 18.7. The van der Waals surface area contributed by atoms with Crippen molar-refractivity contribution in [2.45, 2.75) is 12.1 Å². The number of urea groups is 1. The van der Waals surface area contributed by atoms with E-state index in [2.05, 4.69) is 15.6 Å². The van der Waals surface area contributed by atoms with Gasteiger partial charge in [-0.3, -0.25) is 14.7 Å². The smallest absolute Gasteiger partial charge is 0.321 e. The van der Waals surface area contributed by atoms with Crippen molar-refractivity contribution in [1.29, 1.82) is 0 Å². The number of rotatable bonds is 5. The zero-order valence-electron chi connectivity index (χ0n) is 15.1. The molecule has 0 aliphatic rings. The molecule has 7 heteroatoms. The molecule has 3 amide bonds. The van der Waals surface area contributed by atoms with Gasteiger partial charge in [-0.25, -0.2) is 9.78 Å². The van der Waals surface area contributed by atoms with Gasteiger partial charge in [0, 0.05) is 18.3 Å². The van der Waals surface area contributed by atoms with Crippen LogP contribution in [0.25, 0.3) is 16.9 Å². The van der Waals surface area contributed by atoms with Gasteiger partial charge in [0.05, 0.1) is 17.6 Å². The van der Waals surface area contributed by atoms with E-state index >= 15 is 0 Å². The first-order valence-corrected chi connectivity index (χ1v) is 9.41. The van der Waals surface area contributed by atoms with Crippen molar-refractivity contribution in [3.63, 3.8) is 0 Å². The zero-order valence-corrected chi connectivity index (χ0v) is 15.9. The summed E-state index contributed by atoms with van der Waals surface area (Å²) >= 11 is 1.28. The van der Waals surface area contributed by atoms with E-state index in [0.717, 1.165) is 16.9 Å². The number of hydrogen-bond acceptors (Lipinski definition) is 4. The van der Waals surface area contributed by atoms with Crippen molar-refractivity contribution in [2.24, 2.45) is 0 Å². The van der Waals surface area contributed by atoms with Crippen molar-refractivity contribution in [1.82, 2.24) is 20.2 Å². The number of hydrogen-bond donors (Lipinski definition) is 2. The molecule has 0 saturated heterocycles. The molecule has 0 saturated carbocycles. The van der Waals surface area contributed by atoms with Gasteiger partial charge in [0.1, 0.15) is 0 Å². The van der Waals surface area contributed by atoms with Crippen LogP contribution in [0.15, 0.2) is 66.0 Å². The number of amides is 3. The predicted octanol–water partition coefficient (Wildman–Crippen LogP) is 3.40. The number of aromatic nitrogens is 2. The Labute approximate surface area is 162 Å². The number of thioether (sulfide) groups is 1. The maximum atomic E-state index is 11.9. The molecule has 0 radical (unpaired) electrons. The minimum atomic E-state index is -0.521. The van der Waals surface area contributed by atoms with Gasteiger partial charge in [-0.05, 0) is 19.1 Å². The first-order valence-electron chi connectivity index (χ1n) is 8.43. The number of imidazole rings is 1. The Morgan fingerprint density at radius 2 is 1.78 bits per heavy atom. The number of carbonyl (C=O) groups excluding carboxylic acids is 2. The first-order chi connectivity index (χ1) is 13.1. The molecule has 3 rings (SSSR count). The van der Waals surface area contributed by atoms with Crippen LogP contribution < -0.4 is 10.6 Å². The summed E-state index contributed by atoms with van der Waals surface area (Å²) in [4.78, 5) is 27.7. The average molecular weight is 380 g/mol. The molecule has 0 unspecified atom stereocenters. The van der Waals surface area contributed by atoms with E-state index in [0.29, 0.717) is 5.16 Å². The fraction of sp³-hybridized carbons (Fsp3) is 0.150. The van der Waals surface area contributed by atoms with Crippen LogP contribution in [0.3, 0.4) is 0 Å². The number of nitrogens with one attached hydrogen (secondary N) is 2. The van der Waals surface area contributed by atoms with Crippen molar-refractivity contribution in [3.05, 3.63) is 66.4 Å². The minimum absolute atomic E-state index is 0.0878. The third-order valence-corrected chi connectivity index (χ3v) is 4.86. The number of nitrogens with zero attached hydrogens (tertiary/aromatic N) is 2. The monoisotopic (exact) mass is 380 g/mol. The Kier molecular flexibility index (Phi) is 5.93. The van der Waals surface area contributed by atoms with E-state index in [1.165, 1.54) is 24.4 Å². The molecule has 0 spiro atoms. The highest BCUT2D eigenvalue weighted by Gasteiger charge is 2.16. The molecule has 2 aromatic carbocycles. The lowest BCUT2D eigenvalue weighted by Crippen LogP contribution is -2.38. The quantitative estimate of drug-likeness (QED) is 0.665. The minimum Gasteiger partial charge on any atom is -0.341 e. The molecule has 1 heterocycles. The van der Waals surface area contributed by atoms with E-state index in [9.17, 15) is 9.59 Å². The average Bonchev–Trinajstić information content (AvgIpc) is 3.11. The maximum Gasteiger partial charge on any atom is 0.321 e. The predicted molar refractivity (Wildman–Crippen MR) is 107 cm³/mol. The summed E-state index contributed by atoms with van der Waals surface area (Å²) in [6, 6.07) is 17.6. The molecule has 0 aliphatic heterocycles. The third-order valence-electron chi connectivity index (χ3n) is 3.90. The van der Waals surface area contributed by atoms with E-state index in [4.69, 9.17) is 0 Å². The summed E-state index contributed by atoms with van der Waals surface area (Å²) in [5, 5.41) is 5.30. The molecular weight excluding hydrogens is 360 g/mol. The number of imide groups is 1. The highest BCUT2D eigenvalue weighted by atomic mass is 32.2. The van der Waals surface area contributed by atoms with Crippen LogP contribution in [0.1, 0.15) is 5.56 Å². The molecule has 27 heavy (non-hydrogen) atoms. The zero-order chi connectivity index (χ0) is 19.2. The molecule has 0 atom stereocenters. The molecule has 0 aliphatic carbocycles. The Hall–Kier alpha value is -3.06. The van der Waals surface area contributed by atoms with Crippen LogP contribution in [-0.4, -0.2) is 34.3 Å². The van der Waals surface area contributed by atoms with Gasteiger partial charge in [0.15, 0.2) is 5.16 Å². The standard InChI is InChI=1S/C20H20N4O2S/c1-14-8-10-16(11-9-14)24-17(15-6-4-3-5-7-15)12-22-20(24)27-13-18(25)23-19(26)21-2/h3-12H,13H2,1-2H3,(H2,21,23,25,26). The summed E-state index contributed by atoms with van der Waals surface area (Å²) in [7, 11) is 1.46. The van der Waals surface area contributed by atoms with E-state index in [1.807, 2.05) is 66.1 Å². The molecule has 2 N–H and O–H groups in total. The molecule has 0 bridgehead atoms. The Balaban J connectivity index is 1.92. The van der Waals surface area contributed by atoms with Crippen LogP contribution in [0.4, 0.5) is 4.79 Å². The lowest BCUT2D eigenvalue weighted by molar-refractivity contribution is -0.117. The molecular formula is C20H20N4O2S. The molecule has 1 aromatic heterocycles. The van der Waals surface area contributed by atoms with Crippen molar-refractivity contribution in [2.75, 3.05) is 12.8 Å². The van der Waals surface area contributed by atoms with Crippen LogP contribution in [-0.2, 0) is 4.79 Å². The highest BCUT2D eigenvalue weighted by molar-refractivity contribution is 7.99. The normalized spacial score (nSPS) is 10.4. The third kappa shape index (κ3) is 4.57. The lowest BCUT2D eigenvalue weighted by Gasteiger charge is -2.12. The Morgan fingerprint density at radius 3 is 2.44 bits per heavy atom. The molecule has 138 valence electrons. The van der Waals surface area contributed by atoms with E-state index in [-0.39, 0.29) is 11.7 Å². The second-order valence-electron chi connectivity index (χ2n) is 5.88. The van der Waals surface area contributed by atoms with Gasteiger partial charge >= 0.3 is 6.03 Å². The van der Waals surface area contributed by atoms with Gasteiger partial charge < -0.3 is 5.32 Å². The summed E-state index contributed by atoms with van der Waals surface area (Å²) in [5.41, 5.74) is 4.10. The van der Waals surface area contributed by atoms with Crippen LogP contribution >= 0.6 is 11.8 Å². The number of benzene rings is 2. The van der Waals surface area contributed by atoms with Crippen molar-refractivity contribution < 1.29 is 9.59 Å². The van der Waals surface area contributed by atoms with Gasteiger partial charge in [0.2, 0.25) is 5.91 Å². The summed E-state index contributed by atoms with van der Waals surface area (Å²) < 4.78 is 2.02. The van der Waals surface area contributed by atoms with Gasteiger partial charge in [0.25, 0.3) is 0 Å². The van der Waals surface area contributed by atoms with Gasteiger partial charge in [-0.15, -0.1) is 0 Å². The Morgan fingerprint density at radius 1 is 1.07 bits per heavy atom. The summed E-state index contributed by atoms with van der Waals surface area (Å²) in [6.07, 6.45) is 1.80. The fourth-order valence-corrected chi connectivity index (χ4v) is 3.34. The van der Waals surface area contributed by atoms with Crippen LogP contribution in [0.2, 0.25) is 0 Å².